The van der Waals surface area contributed by atoms with Crippen LogP contribution in [0.1, 0.15) is 85.5 Å². The Kier molecular flexibility index (Phi) is 10.9. The number of carbonyl (C=O) groups is 4. The van der Waals surface area contributed by atoms with Crippen molar-refractivity contribution >= 4 is 34.9 Å². The molecule has 1 aliphatic carbocycles. The molecule has 3 N–H and O–H groups in total. The molecular formula is C39H49N5O8. The summed E-state index contributed by atoms with van der Waals surface area (Å²) in [5, 5.41) is 15.9. The number of benzene rings is 2. The van der Waals surface area contributed by atoms with Gasteiger partial charge in [0.2, 0.25) is 17.7 Å². The molecule has 3 heterocycles. The van der Waals surface area contributed by atoms with Crippen molar-refractivity contribution < 1.29 is 38.5 Å². The Bertz CT molecular complexity index is 1790. The lowest BCUT2D eigenvalue weighted by Crippen LogP contribution is -2.56. The summed E-state index contributed by atoms with van der Waals surface area (Å²) in [6.45, 7) is 7.68. The van der Waals surface area contributed by atoms with Gasteiger partial charge in [0.1, 0.15) is 40.8 Å². The number of nitrogens with one attached hydrogen (secondary N) is 2. The third kappa shape index (κ3) is 8.40. The highest BCUT2D eigenvalue weighted by atomic mass is 16.6. The number of carboxylic acids is 1. The van der Waals surface area contributed by atoms with E-state index >= 15 is 0 Å². The summed E-state index contributed by atoms with van der Waals surface area (Å²) in [7, 11) is 0. The van der Waals surface area contributed by atoms with Crippen molar-refractivity contribution in [2.45, 2.75) is 115 Å². The van der Waals surface area contributed by atoms with Crippen molar-refractivity contribution in [2.24, 2.45) is 5.92 Å². The van der Waals surface area contributed by atoms with Gasteiger partial charge in [-0.2, -0.15) is 0 Å². The molecule has 3 amide bonds. The highest BCUT2D eigenvalue weighted by molar-refractivity contribution is 5.96. The monoisotopic (exact) mass is 715 g/mol. The number of carbonyl (C=O) groups excluding carboxylic acids is 3. The maximum absolute atomic E-state index is 14.4. The summed E-state index contributed by atoms with van der Waals surface area (Å²) in [4.78, 5) is 65.2. The molecule has 2 aromatic carbocycles. The Morgan fingerprint density at radius 2 is 1.65 bits per heavy atom. The number of amides is 3. The van der Waals surface area contributed by atoms with Gasteiger partial charge in [-0.15, -0.1) is 0 Å². The SMILES string of the molecule is CCOc1ccc(-c2nc3ccccc3nc2O[C@@H]2C[C@H]3C(=O)NC4(C(=O)O)CC4CCCCCCC[C@H](NC(=O)OC(C)(C)C)C(=O)N3C2)cc1. The van der Waals surface area contributed by atoms with Gasteiger partial charge in [0.15, 0.2) is 0 Å². The molecular weight excluding hydrogens is 666 g/mol. The van der Waals surface area contributed by atoms with Crippen molar-refractivity contribution in [3.63, 3.8) is 0 Å². The lowest BCUT2D eigenvalue weighted by Gasteiger charge is -2.30. The number of alkyl carbamates (subject to hydrolysis) is 1. The van der Waals surface area contributed by atoms with Crippen LogP contribution in [0.5, 0.6) is 11.6 Å². The van der Waals surface area contributed by atoms with Gasteiger partial charge in [-0.25, -0.2) is 19.6 Å². The molecule has 1 aromatic heterocycles. The maximum Gasteiger partial charge on any atom is 0.408 e. The maximum atomic E-state index is 14.4. The molecule has 278 valence electrons. The highest BCUT2D eigenvalue weighted by Crippen LogP contribution is 2.47. The lowest BCUT2D eigenvalue weighted by molar-refractivity contribution is -0.146. The zero-order chi connectivity index (χ0) is 37.0. The number of nitrogens with zero attached hydrogens (tertiary/aromatic N) is 3. The minimum absolute atomic E-state index is 0.00411. The molecule has 5 atom stereocenters. The van der Waals surface area contributed by atoms with Crippen LogP contribution in [-0.2, 0) is 19.1 Å². The number of para-hydroxylation sites is 2. The van der Waals surface area contributed by atoms with Crippen LogP contribution in [0, 0.1) is 5.92 Å². The molecule has 52 heavy (non-hydrogen) atoms. The van der Waals surface area contributed by atoms with Gasteiger partial charge in [-0.05, 0) is 89.3 Å². The van der Waals surface area contributed by atoms with Gasteiger partial charge in [0.25, 0.3) is 0 Å². The number of rotatable bonds is 7. The molecule has 0 radical (unpaired) electrons. The molecule has 3 aliphatic rings. The molecule has 2 unspecified atom stereocenters. The molecule has 2 aliphatic heterocycles. The normalized spacial score (nSPS) is 25.5. The number of ether oxygens (including phenoxy) is 3. The van der Waals surface area contributed by atoms with Crippen LogP contribution in [-0.4, -0.2) is 86.3 Å². The predicted octanol–water partition coefficient (Wildman–Crippen LogP) is 5.64. The zero-order valence-electron chi connectivity index (χ0n) is 30.4. The van der Waals surface area contributed by atoms with Crippen LogP contribution in [0.15, 0.2) is 48.5 Å². The smallest absolute Gasteiger partial charge is 0.408 e. The number of hydrogen-bond donors (Lipinski definition) is 3. The summed E-state index contributed by atoms with van der Waals surface area (Å²) in [5.74, 6) is -1.33. The van der Waals surface area contributed by atoms with Crippen molar-refractivity contribution in [3.05, 3.63) is 48.5 Å². The Morgan fingerprint density at radius 1 is 0.981 bits per heavy atom. The molecule has 13 nitrogen and oxygen atoms in total. The fourth-order valence-corrected chi connectivity index (χ4v) is 7.29. The van der Waals surface area contributed by atoms with E-state index in [0.29, 0.717) is 54.8 Å². The van der Waals surface area contributed by atoms with Crippen molar-refractivity contribution in [2.75, 3.05) is 13.2 Å². The number of carboxylic acid groups (broad SMARTS) is 1. The van der Waals surface area contributed by atoms with E-state index in [-0.39, 0.29) is 24.8 Å². The van der Waals surface area contributed by atoms with Crippen molar-refractivity contribution in [3.8, 4) is 22.9 Å². The zero-order valence-corrected chi connectivity index (χ0v) is 30.4. The third-order valence-corrected chi connectivity index (χ3v) is 9.97. The van der Waals surface area contributed by atoms with Gasteiger partial charge in [-0.3, -0.25) is 9.59 Å². The Hall–Kier alpha value is -4.94. The third-order valence-electron chi connectivity index (χ3n) is 9.97. The van der Waals surface area contributed by atoms with Gasteiger partial charge >= 0.3 is 12.1 Å². The van der Waals surface area contributed by atoms with Gasteiger partial charge < -0.3 is 34.9 Å². The second-order valence-corrected chi connectivity index (χ2v) is 15.0. The summed E-state index contributed by atoms with van der Waals surface area (Å²) in [6, 6.07) is 12.8. The minimum Gasteiger partial charge on any atom is -0.494 e. The Morgan fingerprint density at radius 3 is 2.33 bits per heavy atom. The second kappa shape index (κ2) is 15.3. The first-order valence-electron chi connectivity index (χ1n) is 18.4. The van der Waals surface area contributed by atoms with E-state index in [1.165, 1.54) is 4.90 Å². The first kappa shape index (κ1) is 36.8. The van der Waals surface area contributed by atoms with E-state index in [4.69, 9.17) is 24.2 Å². The number of hydrogen-bond acceptors (Lipinski definition) is 9. The average molecular weight is 716 g/mol. The van der Waals surface area contributed by atoms with Crippen LogP contribution < -0.4 is 20.1 Å². The molecule has 6 rings (SSSR count). The van der Waals surface area contributed by atoms with Crippen LogP contribution >= 0.6 is 0 Å². The predicted molar refractivity (Wildman–Crippen MR) is 193 cm³/mol. The van der Waals surface area contributed by atoms with E-state index in [2.05, 4.69) is 10.6 Å². The van der Waals surface area contributed by atoms with Crippen molar-refractivity contribution in [1.29, 1.82) is 0 Å². The summed E-state index contributed by atoms with van der Waals surface area (Å²) >= 11 is 0. The Labute approximate surface area is 303 Å². The quantitative estimate of drug-likeness (QED) is 0.278. The summed E-state index contributed by atoms with van der Waals surface area (Å²) in [6.07, 6.45) is 4.25. The second-order valence-electron chi connectivity index (χ2n) is 15.0. The van der Waals surface area contributed by atoms with Crippen LogP contribution in [0.25, 0.3) is 22.3 Å². The molecule has 0 bridgehead atoms. The number of aromatic nitrogens is 2. The molecule has 3 aromatic rings. The minimum atomic E-state index is -1.37. The van der Waals surface area contributed by atoms with E-state index in [9.17, 15) is 24.3 Å². The average Bonchev–Trinajstić information content (AvgIpc) is 3.63. The van der Waals surface area contributed by atoms with Crippen LogP contribution in [0.4, 0.5) is 4.79 Å². The van der Waals surface area contributed by atoms with Crippen LogP contribution in [0.3, 0.4) is 0 Å². The lowest BCUT2D eigenvalue weighted by atomic mass is 10.0. The van der Waals surface area contributed by atoms with Gasteiger partial charge in [0.05, 0.1) is 24.2 Å². The summed E-state index contributed by atoms with van der Waals surface area (Å²) < 4.78 is 17.7. The standard InChI is InChI=1S/C39H49N5O8/c1-5-50-26-19-17-24(18-20-26)32-34(41-29-15-12-11-14-28(29)40-32)51-27-21-31-33(45)43-39(36(47)48)22-25(39)13-9-7-6-8-10-16-30(35(46)44(31)23-27)42-37(49)52-38(2,3)4/h11-12,14-15,17-20,25,27,30-31H,5-10,13,16,21-23H2,1-4H3,(H,42,49)(H,43,45)(H,47,48)/t25?,27-,30+,31+,39?/m1/s1. The van der Waals surface area contributed by atoms with E-state index in [1.54, 1.807) is 20.8 Å². The van der Waals surface area contributed by atoms with Gasteiger partial charge in [0, 0.05) is 12.0 Å². The van der Waals surface area contributed by atoms with E-state index < -0.39 is 53.2 Å². The molecule has 1 saturated carbocycles. The fourth-order valence-electron chi connectivity index (χ4n) is 7.29. The molecule has 0 spiro atoms. The topological polar surface area (TPSA) is 169 Å². The summed E-state index contributed by atoms with van der Waals surface area (Å²) in [5.41, 5.74) is 0.347. The molecule has 13 heteroatoms. The first-order valence-corrected chi connectivity index (χ1v) is 18.4. The fraction of sp³-hybridized carbons (Fsp3) is 0.538. The van der Waals surface area contributed by atoms with Gasteiger partial charge in [-0.1, -0.05) is 44.2 Å². The van der Waals surface area contributed by atoms with E-state index in [1.807, 2.05) is 55.5 Å². The Balaban J connectivity index is 1.33. The van der Waals surface area contributed by atoms with Crippen LogP contribution in [0.2, 0.25) is 0 Å². The highest BCUT2D eigenvalue weighted by Gasteiger charge is 2.62. The first-order chi connectivity index (χ1) is 24.9. The molecule has 3 fully saturated rings. The number of aliphatic carboxylic acids is 1. The molecule has 2 saturated heterocycles. The van der Waals surface area contributed by atoms with Crippen molar-refractivity contribution in [1.82, 2.24) is 25.5 Å². The largest absolute Gasteiger partial charge is 0.494 e. The number of fused-ring (bicyclic) bond motifs is 3. The van der Waals surface area contributed by atoms with E-state index in [0.717, 1.165) is 31.2 Å².